The summed E-state index contributed by atoms with van der Waals surface area (Å²) in [6.45, 7) is 2.93. The van der Waals surface area contributed by atoms with Crippen LogP contribution in [-0.2, 0) is 21.2 Å². The van der Waals surface area contributed by atoms with Crippen LogP contribution >= 0.6 is 11.6 Å². The fourth-order valence-electron chi connectivity index (χ4n) is 3.41. The van der Waals surface area contributed by atoms with Crippen LogP contribution < -0.4 is 5.32 Å². The highest BCUT2D eigenvalue weighted by molar-refractivity contribution is 7.89. The number of carbonyl (C=O) groups is 1. The maximum atomic E-state index is 12.9. The summed E-state index contributed by atoms with van der Waals surface area (Å²) in [5.74, 6) is -0.223. The average Bonchev–Trinajstić information content (AvgIpc) is 3.18. The second kappa shape index (κ2) is 9.07. The van der Waals surface area contributed by atoms with Crippen molar-refractivity contribution in [2.24, 2.45) is 0 Å². The largest absolute Gasteiger partial charge is 0.355 e. The lowest BCUT2D eigenvalue weighted by atomic mass is 10.1. The van der Waals surface area contributed by atoms with Crippen LogP contribution in [0.25, 0.3) is 0 Å². The Morgan fingerprint density at radius 3 is 2.50 bits per heavy atom. The van der Waals surface area contributed by atoms with Crippen LogP contribution in [0.5, 0.6) is 0 Å². The summed E-state index contributed by atoms with van der Waals surface area (Å²) >= 11 is 5.85. The predicted octanol–water partition coefficient (Wildman–Crippen LogP) is 3.55. The number of benzene rings is 2. The highest BCUT2D eigenvalue weighted by Gasteiger charge is 2.39. The lowest BCUT2D eigenvalue weighted by Crippen LogP contribution is -2.46. The number of rotatable bonds is 7. The van der Waals surface area contributed by atoms with Crippen molar-refractivity contribution in [1.82, 2.24) is 9.62 Å². The first kappa shape index (κ1) is 20.8. The van der Waals surface area contributed by atoms with Crippen LogP contribution in [0.1, 0.15) is 30.4 Å². The molecule has 2 aromatic carbocycles. The number of hydrogen-bond acceptors (Lipinski definition) is 3. The van der Waals surface area contributed by atoms with Crippen molar-refractivity contribution in [2.75, 3.05) is 13.1 Å². The molecule has 3 rings (SSSR count). The summed E-state index contributed by atoms with van der Waals surface area (Å²) in [4.78, 5) is 12.8. The highest BCUT2D eigenvalue weighted by atomic mass is 35.5. The van der Waals surface area contributed by atoms with Crippen molar-refractivity contribution < 1.29 is 13.2 Å². The third-order valence-electron chi connectivity index (χ3n) is 4.99. The first-order valence-electron chi connectivity index (χ1n) is 9.48. The van der Waals surface area contributed by atoms with Crippen molar-refractivity contribution in [3.05, 3.63) is 64.7 Å². The van der Waals surface area contributed by atoms with Gasteiger partial charge in [-0.2, -0.15) is 4.31 Å². The van der Waals surface area contributed by atoms with Gasteiger partial charge in [0.1, 0.15) is 6.04 Å². The molecular weight excluding hydrogens is 396 g/mol. The summed E-state index contributed by atoms with van der Waals surface area (Å²) in [6.07, 6.45) is 2.90. The molecule has 1 aliphatic rings. The minimum Gasteiger partial charge on any atom is -0.355 e. The number of carbonyl (C=O) groups excluding carboxylic acids is 1. The van der Waals surface area contributed by atoms with Crippen LogP contribution in [0.2, 0.25) is 5.02 Å². The Morgan fingerprint density at radius 2 is 1.82 bits per heavy atom. The first-order chi connectivity index (χ1) is 13.4. The lowest BCUT2D eigenvalue weighted by Gasteiger charge is -2.23. The number of nitrogens with one attached hydrogen (secondary N) is 1. The van der Waals surface area contributed by atoms with Gasteiger partial charge in [0.15, 0.2) is 0 Å². The van der Waals surface area contributed by atoms with E-state index in [0.29, 0.717) is 31.0 Å². The number of sulfonamides is 1. The predicted molar refractivity (Wildman–Crippen MR) is 111 cm³/mol. The van der Waals surface area contributed by atoms with Crippen molar-refractivity contribution in [2.45, 2.75) is 43.5 Å². The van der Waals surface area contributed by atoms with Gasteiger partial charge in [-0.15, -0.1) is 0 Å². The normalized spacial score (nSPS) is 17.6. The van der Waals surface area contributed by atoms with Crippen molar-refractivity contribution in [1.29, 1.82) is 0 Å². The van der Waals surface area contributed by atoms with Gasteiger partial charge in [0, 0.05) is 18.1 Å². The van der Waals surface area contributed by atoms with Gasteiger partial charge in [-0.25, -0.2) is 8.42 Å². The van der Waals surface area contributed by atoms with Gasteiger partial charge in [-0.3, -0.25) is 4.79 Å². The Kier molecular flexibility index (Phi) is 6.75. The molecule has 28 heavy (non-hydrogen) atoms. The molecule has 1 atom stereocenters. The molecule has 0 spiro atoms. The van der Waals surface area contributed by atoms with E-state index in [1.165, 1.54) is 27.6 Å². The van der Waals surface area contributed by atoms with Crippen molar-refractivity contribution in [3.8, 4) is 0 Å². The molecule has 150 valence electrons. The Bertz CT molecular complexity index is 912. The second-order valence-electron chi connectivity index (χ2n) is 7.11. The molecule has 0 aromatic heterocycles. The molecule has 0 saturated carbocycles. The number of hydrogen-bond donors (Lipinski definition) is 1. The molecule has 1 heterocycles. The zero-order chi connectivity index (χ0) is 20.1. The van der Waals surface area contributed by atoms with E-state index in [1.807, 2.05) is 0 Å². The van der Waals surface area contributed by atoms with Crippen LogP contribution in [0, 0.1) is 6.92 Å². The SMILES string of the molecule is Cc1ccc(CCCNC(=O)C2CCCN2S(=O)(=O)c2ccc(Cl)cc2)cc1. The number of halogens is 1. The molecule has 1 fully saturated rings. The summed E-state index contributed by atoms with van der Waals surface area (Å²) in [5, 5.41) is 3.38. The minimum atomic E-state index is -3.71. The van der Waals surface area contributed by atoms with Gasteiger partial charge < -0.3 is 5.32 Å². The Morgan fingerprint density at radius 1 is 1.14 bits per heavy atom. The Hall–Kier alpha value is -1.89. The van der Waals surface area contributed by atoms with Gasteiger partial charge in [0.25, 0.3) is 0 Å². The standard InChI is InChI=1S/C21H25ClN2O3S/c1-16-6-8-17(9-7-16)4-2-14-23-21(25)20-5-3-15-24(20)28(26,27)19-12-10-18(22)11-13-19/h6-13,20H,2-5,14-15H2,1H3,(H,23,25). The van der Waals surface area contributed by atoms with E-state index in [-0.39, 0.29) is 10.8 Å². The molecule has 1 unspecified atom stereocenters. The minimum absolute atomic E-state index is 0.163. The van der Waals surface area contributed by atoms with Gasteiger partial charge in [-0.1, -0.05) is 41.4 Å². The Labute approximate surface area is 171 Å². The fourth-order valence-corrected chi connectivity index (χ4v) is 5.19. The van der Waals surface area contributed by atoms with E-state index in [9.17, 15) is 13.2 Å². The average molecular weight is 421 g/mol. The van der Waals surface area contributed by atoms with Gasteiger partial charge >= 0.3 is 0 Å². The quantitative estimate of drug-likeness (QED) is 0.696. The van der Waals surface area contributed by atoms with Gasteiger partial charge in [0.05, 0.1) is 4.90 Å². The Balaban J connectivity index is 1.56. The lowest BCUT2D eigenvalue weighted by molar-refractivity contribution is -0.124. The maximum Gasteiger partial charge on any atom is 0.243 e. The summed E-state index contributed by atoms with van der Waals surface area (Å²) in [7, 11) is -3.71. The molecule has 0 aliphatic carbocycles. The van der Waals surface area contributed by atoms with Gasteiger partial charge in [-0.05, 0) is 62.4 Å². The third-order valence-corrected chi connectivity index (χ3v) is 7.16. The van der Waals surface area contributed by atoms with E-state index in [2.05, 4.69) is 36.5 Å². The molecule has 1 saturated heterocycles. The topological polar surface area (TPSA) is 66.5 Å². The maximum absolute atomic E-state index is 12.9. The second-order valence-corrected chi connectivity index (χ2v) is 9.43. The van der Waals surface area contributed by atoms with E-state index in [4.69, 9.17) is 11.6 Å². The summed E-state index contributed by atoms with van der Waals surface area (Å²) in [5.41, 5.74) is 2.45. The molecule has 0 bridgehead atoms. The van der Waals surface area contributed by atoms with Gasteiger partial charge in [0.2, 0.25) is 15.9 Å². The molecule has 0 radical (unpaired) electrons. The molecule has 7 heteroatoms. The van der Waals surface area contributed by atoms with Crippen LogP contribution in [0.4, 0.5) is 0 Å². The van der Waals surface area contributed by atoms with E-state index >= 15 is 0 Å². The van der Waals surface area contributed by atoms with Crippen molar-refractivity contribution >= 4 is 27.5 Å². The number of nitrogens with zero attached hydrogens (tertiary/aromatic N) is 1. The summed E-state index contributed by atoms with van der Waals surface area (Å²) in [6, 6.07) is 13.7. The van der Waals surface area contributed by atoms with Crippen molar-refractivity contribution in [3.63, 3.8) is 0 Å². The highest BCUT2D eigenvalue weighted by Crippen LogP contribution is 2.27. The fraction of sp³-hybridized carbons (Fsp3) is 0.381. The number of amides is 1. The molecule has 1 aliphatic heterocycles. The zero-order valence-corrected chi connectivity index (χ0v) is 17.5. The molecule has 2 aromatic rings. The molecular formula is C21H25ClN2O3S. The molecule has 1 N–H and O–H groups in total. The van der Waals surface area contributed by atoms with E-state index < -0.39 is 16.1 Å². The zero-order valence-electron chi connectivity index (χ0n) is 15.9. The van der Waals surface area contributed by atoms with Crippen LogP contribution in [-0.4, -0.2) is 37.8 Å². The first-order valence-corrected chi connectivity index (χ1v) is 11.3. The molecule has 5 nitrogen and oxygen atoms in total. The van der Waals surface area contributed by atoms with E-state index in [0.717, 1.165) is 12.8 Å². The van der Waals surface area contributed by atoms with Crippen LogP contribution in [0.3, 0.4) is 0 Å². The number of aryl methyl sites for hydroxylation is 2. The monoisotopic (exact) mass is 420 g/mol. The van der Waals surface area contributed by atoms with Crippen LogP contribution in [0.15, 0.2) is 53.4 Å². The van der Waals surface area contributed by atoms with E-state index in [1.54, 1.807) is 12.1 Å². The smallest absolute Gasteiger partial charge is 0.243 e. The third kappa shape index (κ3) is 4.93. The molecule has 1 amide bonds. The summed E-state index contributed by atoms with van der Waals surface area (Å²) < 4.78 is 27.1.